The maximum atomic E-state index is 13.3. The summed E-state index contributed by atoms with van der Waals surface area (Å²) in [5, 5.41) is 2.80. The van der Waals surface area contributed by atoms with Crippen LogP contribution in [0.15, 0.2) is 82.0 Å². The highest BCUT2D eigenvalue weighted by Gasteiger charge is 2.15. The van der Waals surface area contributed by atoms with Crippen molar-refractivity contribution in [1.29, 1.82) is 0 Å². The predicted octanol–water partition coefficient (Wildman–Crippen LogP) is 5.13. The van der Waals surface area contributed by atoms with Gasteiger partial charge in [-0.15, -0.1) is 0 Å². The average Bonchev–Trinajstić information content (AvgIpc) is 2.84. The second kappa shape index (κ2) is 10.6. The molecule has 1 heterocycles. The van der Waals surface area contributed by atoms with Crippen LogP contribution in [-0.4, -0.2) is 18.6 Å². The lowest BCUT2D eigenvalue weighted by Crippen LogP contribution is -2.27. The molecule has 1 amide bonds. The van der Waals surface area contributed by atoms with Crippen LogP contribution in [0, 0.1) is 12.7 Å². The smallest absolute Gasteiger partial charge is 0.407 e. The number of nitrogens with one attached hydrogen (secondary N) is 1. The molecule has 4 rings (SSSR count). The van der Waals surface area contributed by atoms with Gasteiger partial charge in [0.1, 0.15) is 29.5 Å². The van der Waals surface area contributed by atoms with E-state index in [-0.39, 0.29) is 36.3 Å². The number of esters is 1. The summed E-state index contributed by atoms with van der Waals surface area (Å²) in [6.07, 6.45) is -0.716. The molecule has 0 aliphatic carbocycles. The van der Waals surface area contributed by atoms with E-state index in [1.54, 1.807) is 6.92 Å². The molecule has 178 valence electrons. The molecule has 0 radical (unpaired) electrons. The fourth-order valence-corrected chi connectivity index (χ4v) is 3.52. The molecule has 0 aliphatic heterocycles. The summed E-state index contributed by atoms with van der Waals surface area (Å²) < 4.78 is 29.4. The summed E-state index contributed by atoms with van der Waals surface area (Å²) in [6, 6.07) is 19.3. The van der Waals surface area contributed by atoms with Crippen molar-refractivity contribution >= 4 is 23.0 Å². The van der Waals surface area contributed by atoms with Crippen LogP contribution in [0.5, 0.6) is 5.75 Å². The van der Waals surface area contributed by atoms with Gasteiger partial charge in [0.15, 0.2) is 0 Å². The Balaban J connectivity index is 1.35. The fourth-order valence-electron chi connectivity index (χ4n) is 3.52. The molecule has 0 saturated carbocycles. The predicted molar refractivity (Wildman–Crippen MR) is 127 cm³/mol. The van der Waals surface area contributed by atoms with E-state index in [0.29, 0.717) is 22.3 Å². The topological polar surface area (TPSA) is 94.8 Å². The monoisotopic (exact) mass is 475 g/mol. The Morgan fingerprint density at radius 3 is 2.49 bits per heavy atom. The minimum absolute atomic E-state index is 0.0370. The lowest BCUT2D eigenvalue weighted by molar-refractivity contribution is -0.134. The van der Waals surface area contributed by atoms with Crippen molar-refractivity contribution in [2.75, 3.05) is 6.54 Å². The van der Waals surface area contributed by atoms with Gasteiger partial charge in [-0.2, -0.15) is 0 Å². The van der Waals surface area contributed by atoms with Gasteiger partial charge >= 0.3 is 12.1 Å². The van der Waals surface area contributed by atoms with Crippen LogP contribution >= 0.6 is 0 Å². The van der Waals surface area contributed by atoms with E-state index in [9.17, 15) is 18.8 Å². The molecule has 7 nitrogen and oxygen atoms in total. The van der Waals surface area contributed by atoms with Gasteiger partial charge in [0.2, 0.25) is 5.43 Å². The third kappa shape index (κ3) is 5.92. The van der Waals surface area contributed by atoms with Gasteiger partial charge < -0.3 is 19.2 Å². The number of amides is 1. The van der Waals surface area contributed by atoms with Crippen LogP contribution in [0.2, 0.25) is 0 Å². The SMILES string of the molecule is Cc1oc2cc(OC(=O)CCNC(=O)OCc3ccccc3)ccc2c(=O)c1-c1ccc(F)cc1. The number of aryl methyl sites for hydroxylation is 1. The first-order chi connectivity index (χ1) is 16.9. The molecule has 0 saturated heterocycles. The Kier molecular flexibility index (Phi) is 7.21. The molecule has 3 aromatic carbocycles. The zero-order valence-corrected chi connectivity index (χ0v) is 18.9. The van der Waals surface area contributed by atoms with E-state index in [2.05, 4.69) is 5.32 Å². The number of rotatable bonds is 7. The molecule has 0 fully saturated rings. The molecule has 0 bridgehead atoms. The van der Waals surface area contributed by atoms with Crippen LogP contribution < -0.4 is 15.5 Å². The van der Waals surface area contributed by atoms with Crippen molar-refractivity contribution in [2.24, 2.45) is 0 Å². The van der Waals surface area contributed by atoms with E-state index in [1.807, 2.05) is 30.3 Å². The van der Waals surface area contributed by atoms with E-state index in [4.69, 9.17) is 13.9 Å². The van der Waals surface area contributed by atoms with Gasteiger partial charge in [-0.05, 0) is 42.3 Å². The third-order valence-electron chi connectivity index (χ3n) is 5.22. The van der Waals surface area contributed by atoms with Crippen molar-refractivity contribution in [3.8, 4) is 16.9 Å². The van der Waals surface area contributed by atoms with Crippen LogP contribution in [0.25, 0.3) is 22.1 Å². The molecular weight excluding hydrogens is 453 g/mol. The number of hydrogen-bond acceptors (Lipinski definition) is 6. The number of benzene rings is 3. The van der Waals surface area contributed by atoms with Gasteiger partial charge in [-0.25, -0.2) is 9.18 Å². The molecule has 0 unspecified atom stereocenters. The summed E-state index contributed by atoms with van der Waals surface area (Å²) in [5.74, 6) is -0.418. The van der Waals surface area contributed by atoms with Crippen molar-refractivity contribution in [1.82, 2.24) is 5.32 Å². The molecule has 1 aromatic heterocycles. The summed E-state index contributed by atoms with van der Waals surface area (Å²) in [4.78, 5) is 36.9. The van der Waals surface area contributed by atoms with Crippen LogP contribution in [0.3, 0.4) is 0 Å². The van der Waals surface area contributed by atoms with Gasteiger partial charge in [-0.1, -0.05) is 42.5 Å². The van der Waals surface area contributed by atoms with Gasteiger partial charge in [0.25, 0.3) is 0 Å². The fraction of sp³-hybridized carbons (Fsp3) is 0.148. The van der Waals surface area contributed by atoms with Crippen molar-refractivity contribution in [2.45, 2.75) is 20.0 Å². The molecule has 0 aliphatic rings. The maximum absolute atomic E-state index is 13.3. The maximum Gasteiger partial charge on any atom is 0.407 e. The molecule has 35 heavy (non-hydrogen) atoms. The van der Waals surface area contributed by atoms with E-state index < -0.39 is 17.9 Å². The number of carbonyl (C=O) groups is 2. The largest absolute Gasteiger partial charge is 0.460 e. The van der Waals surface area contributed by atoms with Crippen LogP contribution in [0.4, 0.5) is 9.18 Å². The Hall–Kier alpha value is -4.46. The first-order valence-electron chi connectivity index (χ1n) is 10.9. The Morgan fingerprint density at radius 1 is 1.00 bits per heavy atom. The minimum atomic E-state index is -0.637. The first-order valence-corrected chi connectivity index (χ1v) is 10.9. The van der Waals surface area contributed by atoms with Gasteiger partial charge in [0, 0.05) is 12.6 Å². The van der Waals surface area contributed by atoms with Crippen LogP contribution in [-0.2, 0) is 16.1 Å². The number of fused-ring (bicyclic) bond motifs is 1. The summed E-state index contributed by atoms with van der Waals surface area (Å²) in [7, 11) is 0. The standard InChI is InChI=1S/C27H22FNO6/c1-17-25(19-7-9-20(28)10-8-19)26(31)22-12-11-21(15-23(22)34-17)35-24(30)13-14-29-27(32)33-16-18-5-3-2-4-6-18/h2-12,15H,13-14,16H2,1H3,(H,29,32). The van der Waals surface area contributed by atoms with E-state index in [1.165, 1.54) is 42.5 Å². The highest BCUT2D eigenvalue weighted by Crippen LogP contribution is 2.26. The van der Waals surface area contributed by atoms with E-state index in [0.717, 1.165) is 5.56 Å². The highest BCUT2D eigenvalue weighted by atomic mass is 19.1. The Labute approximate surface area is 200 Å². The zero-order chi connectivity index (χ0) is 24.8. The van der Waals surface area contributed by atoms with Gasteiger partial charge in [-0.3, -0.25) is 9.59 Å². The summed E-state index contributed by atoms with van der Waals surface area (Å²) in [5.41, 5.74) is 1.72. The number of hydrogen-bond donors (Lipinski definition) is 1. The molecule has 8 heteroatoms. The minimum Gasteiger partial charge on any atom is -0.460 e. The van der Waals surface area contributed by atoms with Crippen molar-refractivity contribution in [3.63, 3.8) is 0 Å². The molecule has 1 N–H and O–H groups in total. The summed E-state index contributed by atoms with van der Waals surface area (Å²) in [6.45, 7) is 1.80. The zero-order valence-electron chi connectivity index (χ0n) is 18.9. The number of halogens is 1. The quantitative estimate of drug-likeness (QED) is 0.294. The number of ether oxygens (including phenoxy) is 2. The van der Waals surface area contributed by atoms with Gasteiger partial charge in [0.05, 0.1) is 17.4 Å². The highest BCUT2D eigenvalue weighted by molar-refractivity contribution is 5.84. The lowest BCUT2D eigenvalue weighted by Gasteiger charge is -2.09. The number of carbonyl (C=O) groups excluding carboxylic acids is 2. The molecular formula is C27H22FNO6. The van der Waals surface area contributed by atoms with Crippen molar-refractivity contribution < 1.29 is 27.9 Å². The molecule has 0 spiro atoms. The second-order valence-electron chi connectivity index (χ2n) is 7.74. The third-order valence-corrected chi connectivity index (χ3v) is 5.22. The van der Waals surface area contributed by atoms with E-state index >= 15 is 0 Å². The number of alkyl carbamates (subject to hydrolysis) is 1. The molecule has 0 atom stereocenters. The van der Waals surface area contributed by atoms with Crippen LogP contribution in [0.1, 0.15) is 17.7 Å². The average molecular weight is 475 g/mol. The molecule has 4 aromatic rings. The summed E-state index contributed by atoms with van der Waals surface area (Å²) >= 11 is 0. The Bertz CT molecular complexity index is 1410. The Morgan fingerprint density at radius 2 is 1.74 bits per heavy atom. The first kappa shape index (κ1) is 23.7. The van der Waals surface area contributed by atoms with Crippen molar-refractivity contribution in [3.05, 3.63) is 100 Å². The normalized spacial score (nSPS) is 10.7. The second-order valence-corrected chi connectivity index (χ2v) is 7.74. The lowest BCUT2D eigenvalue weighted by atomic mass is 10.0.